The second kappa shape index (κ2) is 9.86. The van der Waals surface area contributed by atoms with Crippen LogP contribution in [0.25, 0.3) is 0 Å². The molecule has 104 valence electrons. The summed E-state index contributed by atoms with van der Waals surface area (Å²) in [5.41, 5.74) is 0. The van der Waals surface area contributed by atoms with Crippen molar-refractivity contribution in [2.75, 3.05) is 33.4 Å². The van der Waals surface area contributed by atoms with Crippen molar-refractivity contribution in [1.82, 2.24) is 10.2 Å². The van der Waals surface area contributed by atoms with E-state index in [2.05, 4.69) is 44.8 Å². The van der Waals surface area contributed by atoms with E-state index in [1.807, 2.05) is 0 Å². The van der Waals surface area contributed by atoms with Gasteiger partial charge in [0.15, 0.2) is 0 Å². The summed E-state index contributed by atoms with van der Waals surface area (Å²) < 4.78 is 5.37. The van der Waals surface area contributed by atoms with Gasteiger partial charge in [-0.2, -0.15) is 0 Å². The molecule has 1 N–H and O–H groups in total. The zero-order chi connectivity index (χ0) is 13.3. The van der Waals surface area contributed by atoms with Crippen LogP contribution in [0, 0.1) is 5.92 Å². The van der Waals surface area contributed by atoms with E-state index in [1.165, 1.54) is 6.42 Å². The van der Waals surface area contributed by atoms with Gasteiger partial charge in [-0.15, -0.1) is 0 Å². The van der Waals surface area contributed by atoms with E-state index < -0.39 is 0 Å². The maximum absolute atomic E-state index is 5.37. The third-order valence-corrected chi connectivity index (χ3v) is 2.87. The van der Waals surface area contributed by atoms with Gasteiger partial charge in [-0.05, 0) is 32.7 Å². The minimum absolute atomic E-state index is 0.481. The fraction of sp³-hybridized carbons (Fsp3) is 1.00. The molecule has 0 spiro atoms. The summed E-state index contributed by atoms with van der Waals surface area (Å²) >= 11 is 0. The molecular formula is C14H32N2O. The first-order valence-electron chi connectivity index (χ1n) is 6.98. The van der Waals surface area contributed by atoms with Crippen LogP contribution in [0.5, 0.6) is 0 Å². The van der Waals surface area contributed by atoms with Crippen LogP contribution in [0.4, 0.5) is 0 Å². The van der Waals surface area contributed by atoms with Crippen LogP contribution in [0.3, 0.4) is 0 Å². The van der Waals surface area contributed by atoms with Crippen molar-refractivity contribution < 1.29 is 4.74 Å². The Kier molecular flexibility index (Phi) is 9.79. The van der Waals surface area contributed by atoms with Crippen molar-refractivity contribution in [3.05, 3.63) is 0 Å². The Labute approximate surface area is 108 Å². The number of rotatable bonds is 10. The van der Waals surface area contributed by atoms with E-state index >= 15 is 0 Å². The van der Waals surface area contributed by atoms with Gasteiger partial charge in [-0.1, -0.05) is 20.8 Å². The first-order chi connectivity index (χ1) is 8.02. The number of methoxy groups -OCH3 is 1. The van der Waals surface area contributed by atoms with E-state index in [-0.39, 0.29) is 0 Å². The highest BCUT2D eigenvalue weighted by Crippen LogP contribution is 2.09. The van der Waals surface area contributed by atoms with Gasteiger partial charge in [-0.25, -0.2) is 0 Å². The molecule has 0 heterocycles. The van der Waals surface area contributed by atoms with Crippen molar-refractivity contribution in [1.29, 1.82) is 0 Å². The van der Waals surface area contributed by atoms with Gasteiger partial charge in [0.1, 0.15) is 0 Å². The van der Waals surface area contributed by atoms with Crippen molar-refractivity contribution in [3.63, 3.8) is 0 Å². The minimum atomic E-state index is 0.481. The van der Waals surface area contributed by atoms with Crippen molar-refractivity contribution >= 4 is 0 Å². The standard InChI is InChI=1S/C14H32N2O/c1-7-8-15-9-14(11-17-6)16(13(4)5)10-12(2)3/h12-15H,7-11H2,1-6H3. The highest BCUT2D eigenvalue weighted by Gasteiger charge is 2.21. The van der Waals surface area contributed by atoms with Crippen LogP contribution in [0.2, 0.25) is 0 Å². The quantitative estimate of drug-likeness (QED) is 0.597. The first-order valence-corrected chi connectivity index (χ1v) is 6.98. The summed E-state index contributed by atoms with van der Waals surface area (Å²) in [6, 6.07) is 1.05. The molecule has 17 heavy (non-hydrogen) atoms. The highest BCUT2D eigenvalue weighted by atomic mass is 16.5. The molecule has 0 aromatic carbocycles. The van der Waals surface area contributed by atoms with Crippen LogP contribution >= 0.6 is 0 Å². The van der Waals surface area contributed by atoms with Crippen LogP contribution in [0.1, 0.15) is 41.0 Å². The molecule has 1 atom stereocenters. The Bertz CT molecular complexity index is 172. The Hall–Kier alpha value is -0.120. The lowest BCUT2D eigenvalue weighted by Crippen LogP contribution is -2.49. The molecule has 0 aliphatic heterocycles. The number of hydrogen-bond donors (Lipinski definition) is 1. The average Bonchev–Trinajstić information content (AvgIpc) is 2.24. The Morgan fingerprint density at radius 1 is 1.18 bits per heavy atom. The largest absolute Gasteiger partial charge is 0.383 e. The molecule has 0 amide bonds. The Morgan fingerprint density at radius 2 is 1.82 bits per heavy atom. The summed E-state index contributed by atoms with van der Waals surface area (Å²) in [5, 5.41) is 3.51. The molecule has 0 rings (SSSR count). The fourth-order valence-corrected chi connectivity index (χ4v) is 2.11. The number of nitrogens with one attached hydrogen (secondary N) is 1. The van der Waals surface area contributed by atoms with Crippen LogP contribution in [0.15, 0.2) is 0 Å². The fourth-order valence-electron chi connectivity index (χ4n) is 2.11. The van der Waals surface area contributed by atoms with E-state index in [4.69, 9.17) is 4.74 Å². The normalized spacial score (nSPS) is 13.9. The lowest BCUT2D eigenvalue weighted by atomic mass is 10.1. The van der Waals surface area contributed by atoms with Gasteiger partial charge in [0.25, 0.3) is 0 Å². The summed E-state index contributed by atoms with van der Waals surface area (Å²) in [6.07, 6.45) is 1.19. The lowest BCUT2D eigenvalue weighted by molar-refractivity contribution is 0.0613. The van der Waals surface area contributed by atoms with Gasteiger partial charge in [-0.3, -0.25) is 4.90 Å². The zero-order valence-corrected chi connectivity index (χ0v) is 12.6. The van der Waals surface area contributed by atoms with Crippen molar-refractivity contribution in [3.8, 4) is 0 Å². The molecule has 0 aromatic heterocycles. The average molecular weight is 244 g/mol. The van der Waals surface area contributed by atoms with Crippen LogP contribution in [-0.2, 0) is 4.74 Å². The smallest absolute Gasteiger partial charge is 0.0630 e. The molecule has 0 bridgehead atoms. The third kappa shape index (κ3) is 7.74. The van der Waals surface area contributed by atoms with Crippen LogP contribution in [-0.4, -0.2) is 50.3 Å². The molecule has 0 aliphatic carbocycles. The summed E-state index contributed by atoms with van der Waals surface area (Å²) in [4.78, 5) is 2.55. The Morgan fingerprint density at radius 3 is 2.24 bits per heavy atom. The van der Waals surface area contributed by atoms with E-state index in [9.17, 15) is 0 Å². The molecule has 3 heteroatoms. The molecule has 0 aliphatic rings. The molecule has 0 radical (unpaired) electrons. The second-order valence-corrected chi connectivity index (χ2v) is 5.50. The lowest BCUT2D eigenvalue weighted by Gasteiger charge is -2.36. The third-order valence-electron chi connectivity index (χ3n) is 2.87. The van der Waals surface area contributed by atoms with E-state index in [1.54, 1.807) is 7.11 Å². The highest BCUT2D eigenvalue weighted by molar-refractivity contribution is 4.77. The molecule has 0 saturated heterocycles. The van der Waals surface area contributed by atoms with Crippen molar-refractivity contribution in [2.24, 2.45) is 5.92 Å². The molecule has 0 aromatic rings. The monoisotopic (exact) mass is 244 g/mol. The van der Waals surface area contributed by atoms with E-state index in [0.29, 0.717) is 18.0 Å². The number of ether oxygens (including phenoxy) is 1. The number of hydrogen-bond acceptors (Lipinski definition) is 3. The predicted molar refractivity (Wildman–Crippen MR) is 75.5 cm³/mol. The topological polar surface area (TPSA) is 24.5 Å². The summed E-state index contributed by atoms with van der Waals surface area (Å²) in [6.45, 7) is 15.3. The maximum atomic E-state index is 5.37. The zero-order valence-electron chi connectivity index (χ0n) is 12.6. The predicted octanol–water partition coefficient (Wildman–Crippen LogP) is 2.37. The molecule has 0 saturated carbocycles. The second-order valence-electron chi connectivity index (χ2n) is 5.50. The molecular weight excluding hydrogens is 212 g/mol. The SMILES string of the molecule is CCCNCC(COC)N(CC(C)C)C(C)C. The van der Waals surface area contributed by atoms with Crippen LogP contribution < -0.4 is 5.32 Å². The maximum Gasteiger partial charge on any atom is 0.0630 e. The number of nitrogens with zero attached hydrogens (tertiary/aromatic N) is 1. The van der Waals surface area contributed by atoms with Gasteiger partial charge < -0.3 is 10.1 Å². The van der Waals surface area contributed by atoms with Gasteiger partial charge in [0.05, 0.1) is 6.61 Å². The molecule has 3 nitrogen and oxygen atoms in total. The first kappa shape index (κ1) is 16.9. The summed E-state index contributed by atoms with van der Waals surface area (Å²) in [7, 11) is 1.79. The Balaban J connectivity index is 4.35. The van der Waals surface area contributed by atoms with Gasteiger partial charge in [0.2, 0.25) is 0 Å². The molecule has 0 fully saturated rings. The van der Waals surface area contributed by atoms with Crippen molar-refractivity contribution in [2.45, 2.75) is 53.1 Å². The van der Waals surface area contributed by atoms with E-state index in [0.717, 1.165) is 26.2 Å². The van der Waals surface area contributed by atoms with Gasteiger partial charge in [0, 0.05) is 32.3 Å². The summed E-state index contributed by atoms with van der Waals surface area (Å²) in [5.74, 6) is 0.697. The molecule has 1 unspecified atom stereocenters. The minimum Gasteiger partial charge on any atom is -0.383 e. The van der Waals surface area contributed by atoms with Gasteiger partial charge >= 0.3 is 0 Å².